The SMILES string of the molecule is COc1ccc(-c2coc3c4c(cc(O)c3c2=O)OC(=O)C[C@@H]4c2ccccc2OC)cc1. The van der Waals surface area contributed by atoms with E-state index in [-0.39, 0.29) is 28.9 Å². The fraction of sp³-hybridized carbons (Fsp3) is 0.154. The van der Waals surface area contributed by atoms with Gasteiger partial charge in [-0.25, -0.2) is 0 Å². The summed E-state index contributed by atoms with van der Waals surface area (Å²) >= 11 is 0. The van der Waals surface area contributed by atoms with Gasteiger partial charge in [0.05, 0.1) is 26.2 Å². The number of esters is 1. The molecule has 33 heavy (non-hydrogen) atoms. The third kappa shape index (κ3) is 3.38. The smallest absolute Gasteiger partial charge is 0.312 e. The number of benzene rings is 3. The Bertz CT molecular complexity index is 1430. The molecule has 0 fully saturated rings. The minimum Gasteiger partial charge on any atom is -0.507 e. The van der Waals surface area contributed by atoms with Crippen molar-refractivity contribution >= 4 is 16.9 Å². The zero-order chi connectivity index (χ0) is 23.1. The molecule has 0 radical (unpaired) electrons. The molecule has 2 heterocycles. The molecule has 1 N–H and O–H groups in total. The standard InChI is InChI=1S/C26H20O7/c1-30-15-9-7-14(8-10-15)18-13-32-26-23-17(16-5-3-4-6-20(16)31-2)11-22(28)33-21(23)12-19(27)24(26)25(18)29/h3-10,12-13,17,27H,11H2,1-2H3/t17-/m1/s1. The van der Waals surface area contributed by atoms with E-state index in [1.54, 1.807) is 44.6 Å². The van der Waals surface area contributed by atoms with Crippen LogP contribution in [-0.4, -0.2) is 25.3 Å². The molecule has 0 unspecified atom stereocenters. The summed E-state index contributed by atoms with van der Waals surface area (Å²) < 4.78 is 22.0. The monoisotopic (exact) mass is 444 g/mol. The van der Waals surface area contributed by atoms with Gasteiger partial charge in [0, 0.05) is 23.1 Å². The second-order valence-corrected chi connectivity index (χ2v) is 7.69. The third-order valence-corrected chi connectivity index (χ3v) is 5.89. The van der Waals surface area contributed by atoms with Gasteiger partial charge in [0.2, 0.25) is 5.43 Å². The first kappa shape index (κ1) is 20.6. The largest absolute Gasteiger partial charge is 0.507 e. The van der Waals surface area contributed by atoms with E-state index in [1.165, 1.54) is 12.3 Å². The maximum absolute atomic E-state index is 13.4. The molecule has 1 atom stereocenters. The minimum absolute atomic E-state index is 0.0277. The summed E-state index contributed by atoms with van der Waals surface area (Å²) in [6, 6.07) is 15.6. The summed E-state index contributed by atoms with van der Waals surface area (Å²) in [4.78, 5) is 25.8. The Kier molecular flexibility index (Phi) is 5.01. The molecule has 7 heteroatoms. The van der Waals surface area contributed by atoms with Gasteiger partial charge in [-0.3, -0.25) is 9.59 Å². The highest BCUT2D eigenvalue weighted by Crippen LogP contribution is 2.47. The van der Waals surface area contributed by atoms with Gasteiger partial charge >= 0.3 is 5.97 Å². The van der Waals surface area contributed by atoms with Crippen molar-refractivity contribution in [3.05, 3.63) is 82.2 Å². The van der Waals surface area contributed by atoms with Gasteiger partial charge in [0.15, 0.2) is 0 Å². The van der Waals surface area contributed by atoms with Crippen molar-refractivity contribution in [3.63, 3.8) is 0 Å². The molecule has 0 aliphatic carbocycles. The lowest BCUT2D eigenvalue weighted by Crippen LogP contribution is -2.22. The highest BCUT2D eigenvalue weighted by Gasteiger charge is 2.35. The van der Waals surface area contributed by atoms with Crippen LogP contribution in [0.2, 0.25) is 0 Å². The van der Waals surface area contributed by atoms with Crippen molar-refractivity contribution in [2.75, 3.05) is 14.2 Å². The van der Waals surface area contributed by atoms with Crippen molar-refractivity contribution in [2.24, 2.45) is 0 Å². The average molecular weight is 444 g/mol. The number of ether oxygens (including phenoxy) is 3. The lowest BCUT2D eigenvalue weighted by molar-refractivity contribution is -0.135. The first-order chi connectivity index (χ1) is 16.0. The van der Waals surface area contributed by atoms with Gasteiger partial charge in [-0.05, 0) is 23.8 Å². The maximum Gasteiger partial charge on any atom is 0.312 e. The van der Waals surface area contributed by atoms with E-state index in [1.807, 2.05) is 18.2 Å². The summed E-state index contributed by atoms with van der Waals surface area (Å²) in [5.74, 6) is 0.169. The Hall–Kier alpha value is -4.26. The Labute approximate surface area is 188 Å². The lowest BCUT2D eigenvalue weighted by Gasteiger charge is -2.27. The number of para-hydroxylation sites is 1. The fourth-order valence-corrected chi connectivity index (χ4v) is 4.32. The Morgan fingerprint density at radius 2 is 1.76 bits per heavy atom. The van der Waals surface area contributed by atoms with Gasteiger partial charge in [-0.1, -0.05) is 30.3 Å². The Morgan fingerprint density at radius 3 is 2.48 bits per heavy atom. The predicted octanol–water partition coefficient (Wildman–Crippen LogP) is 4.62. The molecule has 0 saturated carbocycles. The lowest BCUT2D eigenvalue weighted by atomic mass is 9.84. The number of carbonyl (C=O) groups excluding carboxylic acids is 1. The van der Waals surface area contributed by atoms with Gasteiger partial charge in [0.1, 0.15) is 40.2 Å². The van der Waals surface area contributed by atoms with Crippen LogP contribution in [0.1, 0.15) is 23.5 Å². The average Bonchev–Trinajstić information content (AvgIpc) is 2.83. The van der Waals surface area contributed by atoms with E-state index < -0.39 is 17.3 Å². The van der Waals surface area contributed by atoms with E-state index in [0.717, 1.165) is 5.56 Å². The molecule has 0 saturated heterocycles. The number of carbonyl (C=O) groups is 1. The van der Waals surface area contributed by atoms with Crippen LogP contribution in [0.5, 0.6) is 23.0 Å². The normalized spacial score (nSPS) is 15.1. The molecule has 1 aliphatic heterocycles. The molecular weight excluding hydrogens is 424 g/mol. The zero-order valence-electron chi connectivity index (χ0n) is 18.0. The first-order valence-electron chi connectivity index (χ1n) is 10.3. The molecule has 4 aromatic rings. The van der Waals surface area contributed by atoms with Crippen molar-refractivity contribution in [2.45, 2.75) is 12.3 Å². The van der Waals surface area contributed by atoms with Crippen LogP contribution in [0.25, 0.3) is 22.1 Å². The van der Waals surface area contributed by atoms with Crippen LogP contribution in [0, 0.1) is 0 Å². The van der Waals surface area contributed by atoms with Crippen molar-refractivity contribution in [1.29, 1.82) is 0 Å². The number of aromatic hydroxyl groups is 1. The van der Waals surface area contributed by atoms with Crippen LogP contribution in [0.3, 0.4) is 0 Å². The van der Waals surface area contributed by atoms with Crippen LogP contribution in [0.4, 0.5) is 0 Å². The molecule has 7 nitrogen and oxygen atoms in total. The summed E-state index contributed by atoms with van der Waals surface area (Å²) in [7, 11) is 3.11. The molecule has 0 spiro atoms. The van der Waals surface area contributed by atoms with Crippen molar-refractivity contribution in [3.8, 4) is 34.1 Å². The molecule has 3 aromatic carbocycles. The second-order valence-electron chi connectivity index (χ2n) is 7.69. The summed E-state index contributed by atoms with van der Waals surface area (Å²) in [6.07, 6.45) is 1.40. The van der Waals surface area contributed by atoms with Crippen LogP contribution >= 0.6 is 0 Å². The fourth-order valence-electron chi connectivity index (χ4n) is 4.32. The molecule has 166 valence electrons. The van der Waals surface area contributed by atoms with Gasteiger partial charge < -0.3 is 23.7 Å². The number of phenolic OH excluding ortho intramolecular Hbond substituents is 1. The topological polar surface area (TPSA) is 95.2 Å². The number of rotatable bonds is 4. The van der Waals surface area contributed by atoms with E-state index in [2.05, 4.69) is 0 Å². The maximum atomic E-state index is 13.4. The van der Waals surface area contributed by atoms with Crippen molar-refractivity contribution in [1.82, 2.24) is 0 Å². The number of methoxy groups -OCH3 is 2. The number of hydrogen-bond acceptors (Lipinski definition) is 7. The highest BCUT2D eigenvalue weighted by atomic mass is 16.5. The molecular formula is C26H20O7. The van der Waals surface area contributed by atoms with E-state index >= 15 is 0 Å². The van der Waals surface area contributed by atoms with Crippen LogP contribution in [0.15, 0.2) is 70.1 Å². The summed E-state index contributed by atoms with van der Waals surface area (Å²) in [5.41, 5.74) is 1.98. The summed E-state index contributed by atoms with van der Waals surface area (Å²) in [5, 5.41) is 10.7. The zero-order valence-corrected chi connectivity index (χ0v) is 18.0. The third-order valence-electron chi connectivity index (χ3n) is 5.89. The van der Waals surface area contributed by atoms with Gasteiger partial charge in [-0.2, -0.15) is 0 Å². The van der Waals surface area contributed by atoms with Gasteiger partial charge in [-0.15, -0.1) is 0 Å². The molecule has 1 aliphatic rings. The Morgan fingerprint density at radius 1 is 1.00 bits per heavy atom. The minimum atomic E-state index is -0.476. The summed E-state index contributed by atoms with van der Waals surface area (Å²) in [6.45, 7) is 0. The van der Waals surface area contributed by atoms with Gasteiger partial charge in [0.25, 0.3) is 0 Å². The molecule has 0 amide bonds. The molecule has 1 aromatic heterocycles. The molecule has 5 rings (SSSR count). The van der Waals surface area contributed by atoms with E-state index in [9.17, 15) is 14.7 Å². The van der Waals surface area contributed by atoms with E-state index in [0.29, 0.717) is 28.2 Å². The van der Waals surface area contributed by atoms with Crippen molar-refractivity contribution < 1.29 is 28.5 Å². The highest BCUT2D eigenvalue weighted by molar-refractivity contribution is 5.94. The Balaban J connectivity index is 1.76. The first-order valence-corrected chi connectivity index (χ1v) is 10.3. The number of fused-ring (bicyclic) bond motifs is 3. The van der Waals surface area contributed by atoms with Crippen LogP contribution < -0.4 is 19.6 Å². The van der Waals surface area contributed by atoms with Crippen LogP contribution in [-0.2, 0) is 4.79 Å². The van der Waals surface area contributed by atoms with E-state index in [4.69, 9.17) is 18.6 Å². The molecule has 0 bridgehead atoms. The predicted molar refractivity (Wildman–Crippen MR) is 121 cm³/mol. The number of hydrogen-bond donors (Lipinski definition) is 1. The second kappa shape index (κ2) is 8.02. The quantitative estimate of drug-likeness (QED) is 0.362. The number of phenols is 1.